The number of carbonyl (C=O) groups is 1. The fourth-order valence-electron chi connectivity index (χ4n) is 2.28. The van der Waals surface area contributed by atoms with Gasteiger partial charge in [0.15, 0.2) is 0 Å². The van der Waals surface area contributed by atoms with Gasteiger partial charge in [-0.25, -0.2) is 4.79 Å². The molecule has 2 rings (SSSR count). The third-order valence-electron chi connectivity index (χ3n) is 3.49. The second-order valence-corrected chi connectivity index (χ2v) is 5.87. The lowest BCUT2D eigenvalue weighted by Crippen LogP contribution is -2.40. The van der Waals surface area contributed by atoms with Crippen LogP contribution in [-0.2, 0) is 11.3 Å². The number of halogens is 3. The van der Waals surface area contributed by atoms with Gasteiger partial charge < -0.3 is 15.4 Å². The van der Waals surface area contributed by atoms with Gasteiger partial charge in [0.25, 0.3) is 0 Å². The summed E-state index contributed by atoms with van der Waals surface area (Å²) in [4.78, 5) is 13.7. The molecular formula is C14H19Cl3N2O2. The van der Waals surface area contributed by atoms with Crippen molar-refractivity contribution in [3.05, 3.63) is 33.8 Å². The molecule has 1 aromatic carbocycles. The number of nitrogens with two attached hydrogens (primary N) is 1. The first-order valence-electron chi connectivity index (χ1n) is 6.65. The number of amides is 1. The van der Waals surface area contributed by atoms with Crippen molar-refractivity contribution in [3.63, 3.8) is 0 Å². The molecule has 118 valence electrons. The highest BCUT2D eigenvalue weighted by molar-refractivity contribution is 6.34. The van der Waals surface area contributed by atoms with Crippen molar-refractivity contribution in [1.29, 1.82) is 0 Å². The summed E-state index contributed by atoms with van der Waals surface area (Å²) in [6, 6.07) is 5.12. The summed E-state index contributed by atoms with van der Waals surface area (Å²) >= 11 is 11.8. The Kier molecular flexibility index (Phi) is 7.60. The number of ether oxygens (including phenoxy) is 1. The zero-order valence-corrected chi connectivity index (χ0v) is 13.9. The normalized spacial score (nSPS) is 15.5. The minimum Gasteiger partial charge on any atom is -0.445 e. The fourth-order valence-corrected chi connectivity index (χ4v) is 2.85. The van der Waals surface area contributed by atoms with Crippen LogP contribution in [0.2, 0.25) is 10.0 Å². The summed E-state index contributed by atoms with van der Waals surface area (Å²) in [7, 11) is 0. The molecule has 0 aromatic heterocycles. The van der Waals surface area contributed by atoms with Crippen LogP contribution < -0.4 is 5.73 Å². The Hall–Kier alpha value is -0.680. The van der Waals surface area contributed by atoms with Crippen molar-refractivity contribution in [2.75, 3.05) is 19.6 Å². The minimum absolute atomic E-state index is 0. The van der Waals surface area contributed by atoms with Crippen molar-refractivity contribution < 1.29 is 9.53 Å². The van der Waals surface area contributed by atoms with Crippen LogP contribution in [0.5, 0.6) is 0 Å². The van der Waals surface area contributed by atoms with Crippen LogP contribution in [0.1, 0.15) is 18.4 Å². The average molecular weight is 354 g/mol. The molecule has 2 N–H and O–H groups in total. The van der Waals surface area contributed by atoms with Gasteiger partial charge in [-0.3, -0.25) is 0 Å². The highest BCUT2D eigenvalue weighted by atomic mass is 35.5. The highest BCUT2D eigenvalue weighted by Crippen LogP contribution is 2.20. The van der Waals surface area contributed by atoms with E-state index in [1.54, 1.807) is 23.1 Å². The predicted molar refractivity (Wildman–Crippen MR) is 87.2 cm³/mol. The number of benzene rings is 1. The topological polar surface area (TPSA) is 55.6 Å². The van der Waals surface area contributed by atoms with Crippen LogP contribution in [0.3, 0.4) is 0 Å². The maximum absolute atomic E-state index is 11.9. The summed E-state index contributed by atoms with van der Waals surface area (Å²) in [5, 5.41) is 1.07. The van der Waals surface area contributed by atoms with E-state index in [1.807, 2.05) is 0 Å². The number of hydrogen-bond acceptors (Lipinski definition) is 3. The second-order valence-electron chi connectivity index (χ2n) is 5.00. The zero-order chi connectivity index (χ0) is 14.5. The molecule has 1 aliphatic heterocycles. The summed E-state index contributed by atoms with van der Waals surface area (Å²) < 4.78 is 5.28. The SMILES string of the molecule is Cl.NCC1CCN(C(=O)OCc2cc(Cl)cc(Cl)c2)CC1. The molecule has 1 amide bonds. The first-order valence-corrected chi connectivity index (χ1v) is 7.41. The molecule has 1 aliphatic rings. The standard InChI is InChI=1S/C14H18Cl2N2O2.ClH/c15-12-5-11(6-13(16)7-12)9-20-14(19)18-3-1-10(8-17)2-4-18;/h5-7,10H,1-4,8-9,17H2;1H. The number of nitrogens with zero attached hydrogens (tertiary/aromatic N) is 1. The number of hydrogen-bond donors (Lipinski definition) is 1. The van der Waals surface area contributed by atoms with E-state index in [0.717, 1.165) is 18.4 Å². The van der Waals surface area contributed by atoms with Crippen molar-refractivity contribution in [2.45, 2.75) is 19.4 Å². The molecule has 0 saturated carbocycles. The third kappa shape index (κ3) is 5.55. The van der Waals surface area contributed by atoms with Gasteiger partial charge in [0, 0.05) is 23.1 Å². The Labute approximate surface area is 140 Å². The third-order valence-corrected chi connectivity index (χ3v) is 3.93. The molecular weight excluding hydrogens is 335 g/mol. The molecule has 0 aliphatic carbocycles. The number of likely N-dealkylation sites (tertiary alicyclic amines) is 1. The first-order chi connectivity index (χ1) is 9.58. The molecule has 0 unspecified atom stereocenters. The molecule has 1 saturated heterocycles. The lowest BCUT2D eigenvalue weighted by molar-refractivity contribution is 0.0829. The van der Waals surface area contributed by atoms with Crippen LogP contribution in [0.25, 0.3) is 0 Å². The van der Waals surface area contributed by atoms with Crippen molar-refractivity contribution in [2.24, 2.45) is 11.7 Å². The van der Waals surface area contributed by atoms with Crippen LogP contribution in [0.15, 0.2) is 18.2 Å². The molecule has 1 aromatic rings. The van der Waals surface area contributed by atoms with Gasteiger partial charge in [-0.2, -0.15) is 0 Å². The van der Waals surface area contributed by atoms with E-state index < -0.39 is 0 Å². The van der Waals surface area contributed by atoms with E-state index in [2.05, 4.69) is 0 Å². The van der Waals surface area contributed by atoms with Crippen molar-refractivity contribution in [1.82, 2.24) is 4.90 Å². The van der Waals surface area contributed by atoms with Gasteiger partial charge in [-0.05, 0) is 49.1 Å². The molecule has 1 heterocycles. The Balaban J connectivity index is 0.00000220. The zero-order valence-electron chi connectivity index (χ0n) is 11.6. The fraction of sp³-hybridized carbons (Fsp3) is 0.500. The molecule has 0 spiro atoms. The quantitative estimate of drug-likeness (QED) is 0.901. The van der Waals surface area contributed by atoms with Gasteiger partial charge >= 0.3 is 6.09 Å². The first kappa shape index (κ1) is 18.4. The maximum atomic E-state index is 11.9. The largest absolute Gasteiger partial charge is 0.445 e. The molecule has 4 nitrogen and oxygen atoms in total. The molecule has 0 bridgehead atoms. The average Bonchev–Trinajstić information content (AvgIpc) is 2.44. The van der Waals surface area contributed by atoms with Gasteiger partial charge in [0.2, 0.25) is 0 Å². The molecule has 0 radical (unpaired) electrons. The van der Waals surface area contributed by atoms with Crippen molar-refractivity contribution >= 4 is 41.7 Å². The maximum Gasteiger partial charge on any atom is 0.410 e. The van der Waals surface area contributed by atoms with Gasteiger partial charge in [0.05, 0.1) is 0 Å². The Morgan fingerprint density at radius 1 is 1.24 bits per heavy atom. The van der Waals surface area contributed by atoms with E-state index >= 15 is 0 Å². The van der Waals surface area contributed by atoms with E-state index in [9.17, 15) is 4.79 Å². The van der Waals surface area contributed by atoms with E-state index in [0.29, 0.717) is 35.6 Å². The highest BCUT2D eigenvalue weighted by Gasteiger charge is 2.22. The predicted octanol–water partition coefficient (Wildman–Crippen LogP) is 3.72. The summed E-state index contributed by atoms with van der Waals surface area (Å²) in [5.41, 5.74) is 6.41. The molecule has 7 heteroatoms. The molecule has 1 fully saturated rings. The van der Waals surface area contributed by atoms with E-state index in [1.165, 1.54) is 0 Å². The number of rotatable bonds is 3. The van der Waals surface area contributed by atoms with Gasteiger partial charge in [0.1, 0.15) is 6.61 Å². The smallest absolute Gasteiger partial charge is 0.410 e. The van der Waals surface area contributed by atoms with Crippen LogP contribution >= 0.6 is 35.6 Å². The van der Waals surface area contributed by atoms with Crippen LogP contribution in [0, 0.1) is 5.92 Å². The summed E-state index contributed by atoms with van der Waals surface area (Å²) in [6.45, 7) is 2.27. The van der Waals surface area contributed by atoms with Gasteiger partial charge in [-0.1, -0.05) is 23.2 Å². The number of piperidine rings is 1. The van der Waals surface area contributed by atoms with E-state index in [4.69, 9.17) is 33.7 Å². The molecule has 21 heavy (non-hydrogen) atoms. The number of carbonyl (C=O) groups excluding carboxylic acids is 1. The van der Waals surface area contributed by atoms with Crippen LogP contribution in [-0.4, -0.2) is 30.6 Å². The Morgan fingerprint density at radius 2 is 1.81 bits per heavy atom. The minimum atomic E-state index is -0.295. The summed E-state index contributed by atoms with van der Waals surface area (Å²) in [6.07, 6.45) is 1.58. The monoisotopic (exact) mass is 352 g/mol. The lowest BCUT2D eigenvalue weighted by Gasteiger charge is -2.30. The van der Waals surface area contributed by atoms with E-state index in [-0.39, 0.29) is 25.1 Å². The second kappa shape index (κ2) is 8.69. The van der Waals surface area contributed by atoms with Crippen molar-refractivity contribution in [3.8, 4) is 0 Å². The Bertz CT molecular complexity index is 457. The van der Waals surface area contributed by atoms with Crippen LogP contribution in [0.4, 0.5) is 4.79 Å². The van der Waals surface area contributed by atoms with Gasteiger partial charge in [-0.15, -0.1) is 12.4 Å². The lowest BCUT2D eigenvalue weighted by atomic mass is 9.97. The summed E-state index contributed by atoms with van der Waals surface area (Å²) in [5.74, 6) is 0.519. The molecule has 0 atom stereocenters. The Morgan fingerprint density at radius 3 is 2.33 bits per heavy atom.